The van der Waals surface area contributed by atoms with Crippen molar-refractivity contribution in [2.75, 3.05) is 43.4 Å². The van der Waals surface area contributed by atoms with Crippen molar-refractivity contribution in [2.45, 2.75) is 0 Å². The first-order valence-electron chi connectivity index (χ1n) is 4.86. The summed E-state index contributed by atoms with van der Waals surface area (Å²) < 4.78 is 0. The summed E-state index contributed by atoms with van der Waals surface area (Å²) in [4.78, 5) is 10.7. The zero-order valence-electron chi connectivity index (χ0n) is 8.32. The highest BCUT2D eigenvalue weighted by Crippen LogP contribution is 2.11. The first-order valence-corrected chi connectivity index (χ1v) is 4.86. The van der Waals surface area contributed by atoms with Gasteiger partial charge in [0.05, 0.1) is 0 Å². The molecule has 1 fully saturated rings. The summed E-state index contributed by atoms with van der Waals surface area (Å²) in [6.07, 6.45) is 1.79. The van der Waals surface area contributed by atoms with Gasteiger partial charge in [-0.05, 0) is 6.07 Å². The van der Waals surface area contributed by atoms with Crippen LogP contribution in [0.2, 0.25) is 0 Å². The number of piperazine rings is 1. The second-order valence-electron chi connectivity index (χ2n) is 3.23. The Hall–Kier alpha value is -1.36. The standard InChI is InChI=1S/C9H15N5/c1-10-9-12-3-2-8(13-9)14-6-4-11-5-7-14/h2-3,11H,4-7H2,1H3,(H,10,12,13). The molecule has 5 nitrogen and oxygen atoms in total. The van der Waals surface area contributed by atoms with Crippen molar-refractivity contribution in [3.8, 4) is 0 Å². The first-order chi connectivity index (χ1) is 6.90. The molecule has 76 valence electrons. The minimum Gasteiger partial charge on any atom is -0.357 e. The minimum atomic E-state index is 0.682. The molecule has 0 spiro atoms. The molecule has 5 heteroatoms. The number of aromatic nitrogens is 2. The summed E-state index contributed by atoms with van der Waals surface area (Å²) >= 11 is 0. The van der Waals surface area contributed by atoms with Crippen LogP contribution < -0.4 is 15.5 Å². The quantitative estimate of drug-likeness (QED) is 0.688. The molecule has 14 heavy (non-hydrogen) atoms. The van der Waals surface area contributed by atoms with Crippen LogP contribution >= 0.6 is 0 Å². The maximum atomic E-state index is 4.39. The average Bonchev–Trinajstić information content (AvgIpc) is 2.30. The van der Waals surface area contributed by atoms with Gasteiger partial charge < -0.3 is 15.5 Å². The first kappa shape index (κ1) is 9.21. The van der Waals surface area contributed by atoms with Gasteiger partial charge in [0.25, 0.3) is 0 Å². The highest BCUT2D eigenvalue weighted by Gasteiger charge is 2.11. The number of anilines is 2. The van der Waals surface area contributed by atoms with Crippen molar-refractivity contribution in [3.05, 3.63) is 12.3 Å². The lowest BCUT2D eigenvalue weighted by atomic mass is 10.3. The summed E-state index contributed by atoms with van der Waals surface area (Å²) in [6.45, 7) is 4.08. The lowest BCUT2D eigenvalue weighted by molar-refractivity contribution is 0.585. The van der Waals surface area contributed by atoms with Crippen molar-refractivity contribution in [1.82, 2.24) is 15.3 Å². The average molecular weight is 193 g/mol. The van der Waals surface area contributed by atoms with E-state index >= 15 is 0 Å². The Morgan fingerprint density at radius 1 is 1.43 bits per heavy atom. The Balaban J connectivity index is 2.13. The lowest BCUT2D eigenvalue weighted by Gasteiger charge is -2.28. The molecule has 0 bridgehead atoms. The van der Waals surface area contributed by atoms with Crippen molar-refractivity contribution in [3.63, 3.8) is 0 Å². The fourth-order valence-corrected chi connectivity index (χ4v) is 1.54. The summed E-state index contributed by atoms with van der Waals surface area (Å²) in [5, 5.41) is 6.25. The molecule has 1 saturated heterocycles. The normalized spacial score (nSPS) is 16.8. The molecular formula is C9H15N5. The summed E-state index contributed by atoms with van der Waals surface area (Å²) in [6, 6.07) is 1.95. The molecule has 2 N–H and O–H groups in total. The summed E-state index contributed by atoms with van der Waals surface area (Å²) in [5.41, 5.74) is 0. The van der Waals surface area contributed by atoms with Crippen LogP contribution in [0.3, 0.4) is 0 Å². The molecule has 2 heterocycles. The van der Waals surface area contributed by atoms with Gasteiger partial charge in [-0.2, -0.15) is 4.98 Å². The predicted molar refractivity (Wildman–Crippen MR) is 56.7 cm³/mol. The Morgan fingerprint density at radius 3 is 2.93 bits per heavy atom. The van der Waals surface area contributed by atoms with Crippen molar-refractivity contribution < 1.29 is 0 Å². The monoisotopic (exact) mass is 193 g/mol. The summed E-state index contributed by atoms with van der Waals surface area (Å²) in [5.74, 6) is 1.69. The Bertz CT molecular complexity index is 295. The van der Waals surface area contributed by atoms with Gasteiger partial charge in [-0.1, -0.05) is 0 Å². The Labute approximate surface area is 83.5 Å². The van der Waals surface area contributed by atoms with E-state index in [-0.39, 0.29) is 0 Å². The zero-order chi connectivity index (χ0) is 9.80. The van der Waals surface area contributed by atoms with Gasteiger partial charge >= 0.3 is 0 Å². The molecule has 0 unspecified atom stereocenters. The van der Waals surface area contributed by atoms with Crippen LogP contribution in [0.1, 0.15) is 0 Å². The molecule has 0 saturated carbocycles. The van der Waals surface area contributed by atoms with Gasteiger partial charge in [0, 0.05) is 39.4 Å². The molecule has 1 aromatic heterocycles. The van der Waals surface area contributed by atoms with Crippen LogP contribution in [0.25, 0.3) is 0 Å². The van der Waals surface area contributed by atoms with Crippen LogP contribution in [0.4, 0.5) is 11.8 Å². The molecular weight excluding hydrogens is 178 g/mol. The van der Waals surface area contributed by atoms with Gasteiger partial charge in [-0.3, -0.25) is 0 Å². The highest BCUT2D eigenvalue weighted by molar-refractivity contribution is 5.42. The molecule has 1 aliphatic heterocycles. The molecule has 0 amide bonds. The van der Waals surface area contributed by atoms with Gasteiger partial charge in [0.15, 0.2) is 0 Å². The highest BCUT2D eigenvalue weighted by atomic mass is 15.3. The van der Waals surface area contributed by atoms with E-state index in [0.29, 0.717) is 5.95 Å². The van der Waals surface area contributed by atoms with Gasteiger partial charge in [-0.25, -0.2) is 4.98 Å². The van der Waals surface area contributed by atoms with E-state index in [1.807, 2.05) is 13.1 Å². The number of nitrogens with zero attached hydrogens (tertiary/aromatic N) is 3. The molecule has 0 aromatic carbocycles. The van der Waals surface area contributed by atoms with Crippen molar-refractivity contribution in [2.24, 2.45) is 0 Å². The molecule has 0 atom stereocenters. The number of hydrogen-bond donors (Lipinski definition) is 2. The van der Waals surface area contributed by atoms with Gasteiger partial charge in [0.1, 0.15) is 5.82 Å². The zero-order valence-corrected chi connectivity index (χ0v) is 8.32. The molecule has 0 aliphatic carbocycles. The fourth-order valence-electron chi connectivity index (χ4n) is 1.54. The largest absolute Gasteiger partial charge is 0.357 e. The van der Waals surface area contributed by atoms with Gasteiger partial charge in [-0.15, -0.1) is 0 Å². The molecule has 2 rings (SSSR count). The molecule has 1 aromatic rings. The van der Waals surface area contributed by atoms with E-state index in [2.05, 4.69) is 25.5 Å². The van der Waals surface area contributed by atoms with E-state index in [4.69, 9.17) is 0 Å². The van der Waals surface area contributed by atoms with Crippen LogP contribution in [-0.2, 0) is 0 Å². The van der Waals surface area contributed by atoms with Crippen LogP contribution in [-0.4, -0.2) is 43.2 Å². The fraction of sp³-hybridized carbons (Fsp3) is 0.556. The van der Waals surface area contributed by atoms with Gasteiger partial charge in [0.2, 0.25) is 5.95 Å². The minimum absolute atomic E-state index is 0.682. The van der Waals surface area contributed by atoms with Crippen molar-refractivity contribution >= 4 is 11.8 Å². The summed E-state index contributed by atoms with van der Waals surface area (Å²) in [7, 11) is 1.83. The Kier molecular flexibility index (Phi) is 2.78. The van der Waals surface area contributed by atoms with E-state index in [9.17, 15) is 0 Å². The van der Waals surface area contributed by atoms with E-state index in [0.717, 1.165) is 32.0 Å². The SMILES string of the molecule is CNc1nccc(N2CCNCC2)n1. The van der Waals surface area contributed by atoms with Crippen LogP contribution in [0, 0.1) is 0 Å². The molecule has 0 radical (unpaired) electrons. The second kappa shape index (κ2) is 4.23. The van der Waals surface area contributed by atoms with Crippen LogP contribution in [0.15, 0.2) is 12.3 Å². The topological polar surface area (TPSA) is 53.1 Å². The van der Waals surface area contributed by atoms with Crippen molar-refractivity contribution in [1.29, 1.82) is 0 Å². The maximum absolute atomic E-state index is 4.39. The third kappa shape index (κ3) is 1.93. The number of nitrogens with one attached hydrogen (secondary N) is 2. The third-order valence-electron chi connectivity index (χ3n) is 2.31. The van der Waals surface area contributed by atoms with E-state index in [1.165, 1.54) is 0 Å². The van der Waals surface area contributed by atoms with E-state index < -0.39 is 0 Å². The smallest absolute Gasteiger partial charge is 0.224 e. The van der Waals surface area contributed by atoms with E-state index in [1.54, 1.807) is 6.20 Å². The maximum Gasteiger partial charge on any atom is 0.224 e. The number of hydrogen-bond acceptors (Lipinski definition) is 5. The molecule has 1 aliphatic rings. The lowest BCUT2D eigenvalue weighted by Crippen LogP contribution is -2.43. The van der Waals surface area contributed by atoms with Crippen LogP contribution in [0.5, 0.6) is 0 Å². The number of rotatable bonds is 2. The third-order valence-corrected chi connectivity index (χ3v) is 2.31. The second-order valence-corrected chi connectivity index (χ2v) is 3.23. The Morgan fingerprint density at radius 2 is 2.21 bits per heavy atom. The predicted octanol–water partition coefficient (Wildman–Crippen LogP) is -0.0721.